The van der Waals surface area contributed by atoms with Gasteiger partial charge >= 0.3 is 0 Å². The summed E-state index contributed by atoms with van der Waals surface area (Å²) < 4.78 is 7.67. The SMILES string of the molecule is BC1(N2C(=O)c3cccc(OCC(=O)NCCCCNC(=O)C[C@@H]4N=C(c5ccc(Cl)cc5)c5c(sc(C)c5C)-n5c(C)nnc54)c3C2=O)CCC(=O)NC1=O. The van der Waals surface area contributed by atoms with Gasteiger partial charge in [0.2, 0.25) is 17.7 Å². The summed E-state index contributed by atoms with van der Waals surface area (Å²) in [6, 6.07) is 11.3. The van der Waals surface area contributed by atoms with Crippen molar-refractivity contribution < 1.29 is 33.5 Å². The average molecular weight is 797 g/mol. The molecule has 2 aromatic carbocycles. The Hall–Kier alpha value is -5.68. The zero-order chi connectivity index (χ0) is 39.9. The summed E-state index contributed by atoms with van der Waals surface area (Å²) in [5, 5.41) is 18.3. The minimum atomic E-state index is -1.55. The molecule has 56 heavy (non-hydrogen) atoms. The quantitative estimate of drug-likeness (QED) is 0.110. The van der Waals surface area contributed by atoms with E-state index in [1.165, 1.54) is 26.0 Å². The van der Waals surface area contributed by atoms with E-state index in [-0.39, 0.29) is 42.0 Å². The monoisotopic (exact) mass is 796 g/mol. The highest BCUT2D eigenvalue weighted by atomic mass is 35.5. The molecular formula is C38H38BClN8O7S. The van der Waals surface area contributed by atoms with Gasteiger partial charge in [-0.2, -0.15) is 0 Å². The van der Waals surface area contributed by atoms with Crippen LogP contribution in [0, 0.1) is 20.8 Å². The summed E-state index contributed by atoms with van der Waals surface area (Å²) in [5.74, 6) is -1.94. The number of thiophene rings is 1. The Bertz CT molecular complexity index is 2340. The van der Waals surface area contributed by atoms with Crippen molar-refractivity contribution in [2.45, 2.75) is 64.4 Å². The first kappa shape index (κ1) is 38.6. The normalized spacial score (nSPS) is 18.8. The minimum absolute atomic E-state index is 0.00779. The highest BCUT2D eigenvalue weighted by molar-refractivity contribution is 7.15. The topological polar surface area (TPSA) is 194 Å². The molecule has 3 aliphatic rings. The fourth-order valence-corrected chi connectivity index (χ4v) is 8.45. The third kappa shape index (κ3) is 7.12. The van der Waals surface area contributed by atoms with Crippen molar-refractivity contribution in [2.24, 2.45) is 4.99 Å². The summed E-state index contributed by atoms with van der Waals surface area (Å²) >= 11 is 7.85. The number of piperidine rings is 1. The Kier molecular flexibility index (Phi) is 10.7. The van der Waals surface area contributed by atoms with E-state index >= 15 is 0 Å². The number of carbonyl (C=O) groups excluding carboxylic acids is 6. The number of hydrogen-bond acceptors (Lipinski definition) is 11. The number of carbonyl (C=O) groups is 6. The third-order valence-electron chi connectivity index (χ3n) is 10.3. The molecule has 0 bridgehead atoms. The summed E-state index contributed by atoms with van der Waals surface area (Å²) in [6.07, 6.45) is 1.17. The molecule has 15 nitrogen and oxygen atoms in total. The predicted octanol–water partition coefficient (Wildman–Crippen LogP) is 2.64. The molecule has 0 spiro atoms. The number of hydrogen-bond donors (Lipinski definition) is 3. The number of amides is 6. The zero-order valence-electron chi connectivity index (χ0n) is 31.2. The Morgan fingerprint density at radius 2 is 1.70 bits per heavy atom. The smallest absolute Gasteiger partial charge is 0.265 e. The first-order valence-corrected chi connectivity index (χ1v) is 19.4. The lowest BCUT2D eigenvalue weighted by Gasteiger charge is -2.38. The number of rotatable bonds is 12. The maximum absolute atomic E-state index is 13.5. The van der Waals surface area contributed by atoms with Crippen LogP contribution in [0.5, 0.6) is 5.75 Å². The molecule has 18 heteroatoms. The lowest BCUT2D eigenvalue weighted by atomic mass is 9.70. The van der Waals surface area contributed by atoms with Crippen molar-refractivity contribution in [3.05, 3.63) is 91.8 Å². The van der Waals surface area contributed by atoms with E-state index in [0.717, 1.165) is 37.2 Å². The number of aryl methyl sites for hydroxylation is 2. The van der Waals surface area contributed by atoms with Crippen molar-refractivity contribution in [1.29, 1.82) is 0 Å². The molecule has 7 rings (SSSR count). The predicted molar refractivity (Wildman–Crippen MR) is 209 cm³/mol. The molecule has 0 saturated carbocycles. The van der Waals surface area contributed by atoms with Gasteiger partial charge in [-0.05, 0) is 69.9 Å². The number of aromatic nitrogens is 3. The average Bonchev–Trinajstić information content (AvgIpc) is 3.75. The minimum Gasteiger partial charge on any atom is -0.483 e. The first-order chi connectivity index (χ1) is 26.8. The molecule has 0 aliphatic carbocycles. The molecule has 1 saturated heterocycles. The van der Waals surface area contributed by atoms with Crippen LogP contribution in [0.1, 0.15) is 92.1 Å². The first-order valence-electron chi connectivity index (χ1n) is 18.2. The number of nitrogens with one attached hydrogen (secondary N) is 3. The summed E-state index contributed by atoms with van der Waals surface area (Å²) in [6.45, 7) is 6.28. The van der Waals surface area contributed by atoms with E-state index in [1.54, 1.807) is 11.3 Å². The van der Waals surface area contributed by atoms with E-state index in [4.69, 9.17) is 21.3 Å². The van der Waals surface area contributed by atoms with Gasteiger partial charge in [0.1, 0.15) is 30.5 Å². The third-order valence-corrected chi connectivity index (χ3v) is 11.7. The van der Waals surface area contributed by atoms with Crippen LogP contribution in [0.25, 0.3) is 5.00 Å². The lowest BCUT2D eigenvalue weighted by molar-refractivity contribution is -0.138. The van der Waals surface area contributed by atoms with Crippen molar-refractivity contribution in [3.8, 4) is 10.8 Å². The largest absolute Gasteiger partial charge is 0.483 e. The molecule has 3 N–H and O–H groups in total. The van der Waals surface area contributed by atoms with Gasteiger partial charge in [-0.15, -0.1) is 21.5 Å². The number of nitrogens with zero attached hydrogens (tertiary/aromatic N) is 5. The maximum atomic E-state index is 13.5. The second kappa shape index (κ2) is 15.5. The summed E-state index contributed by atoms with van der Waals surface area (Å²) in [5.41, 5.74) is 2.19. The number of benzene rings is 2. The van der Waals surface area contributed by atoms with Gasteiger partial charge in [-0.25, -0.2) is 0 Å². The van der Waals surface area contributed by atoms with Crippen LogP contribution >= 0.6 is 22.9 Å². The van der Waals surface area contributed by atoms with Crippen LogP contribution in [0.4, 0.5) is 0 Å². The van der Waals surface area contributed by atoms with Crippen LogP contribution in [-0.4, -0.2) is 93.8 Å². The molecule has 4 aromatic rings. The highest BCUT2D eigenvalue weighted by Gasteiger charge is 2.53. The van der Waals surface area contributed by atoms with Gasteiger partial charge in [-0.1, -0.05) is 29.8 Å². The van der Waals surface area contributed by atoms with Gasteiger partial charge < -0.3 is 15.4 Å². The van der Waals surface area contributed by atoms with Crippen molar-refractivity contribution in [2.75, 3.05) is 19.7 Å². The molecule has 6 amide bonds. The second-order valence-corrected chi connectivity index (χ2v) is 15.7. The summed E-state index contributed by atoms with van der Waals surface area (Å²) in [7, 11) is 1.44. The van der Waals surface area contributed by atoms with Crippen molar-refractivity contribution >= 4 is 71.9 Å². The number of aliphatic imine (C=N–C) groups is 1. The van der Waals surface area contributed by atoms with Gasteiger partial charge in [0.05, 0.1) is 28.7 Å². The Labute approximate surface area is 331 Å². The number of unbranched alkanes of at least 4 members (excludes halogenated alkanes) is 1. The van der Waals surface area contributed by atoms with Gasteiger partial charge in [0, 0.05) is 40.5 Å². The van der Waals surface area contributed by atoms with Crippen LogP contribution in [0.2, 0.25) is 5.02 Å². The molecule has 3 aliphatic heterocycles. The van der Waals surface area contributed by atoms with Crippen LogP contribution in [0.15, 0.2) is 47.5 Å². The van der Waals surface area contributed by atoms with E-state index in [2.05, 4.69) is 40.0 Å². The molecular weight excluding hydrogens is 759 g/mol. The fourth-order valence-electron chi connectivity index (χ4n) is 7.11. The lowest BCUT2D eigenvalue weighted by Crippen LogP contribution is -2.65. The Morgan fingerprint density at radius 3 is 2.41 bits per heavy atom. The van der Waals surface area contributed by atoms with Gasteiger partial charge in [-0.3, -0.25) is 48.5 Å². The molecule has 1 unspecified atom stereocenters. The van der Waals surface area contributed by atoms with E-state index in [9.17, 15) is 28.8 Å². The van der Waals surface area contributed by atoms with Crippen LogP contribution < -0.4 is 20.7 Å². The highest BCUT2D eigenvalue weighted by Crippen LogP contribution is 2.40. The Balaban J connectivity index is 0.912. The van der Waals surface area contributed by atoms with Crippen molar-refractivity contribution in [3.63, 3.8) is 0 Å². The van der Waals surface area contributed by atoms with E-state index in [0.29, 0.717) is 42.6 Å². The van der Waals surface area contributed by atoms with Crippen molar-refractivity contribution in [1.82, 2.24) is 35.6 Å². The number of ether oxygens (including phenoxy) is 1. The number of imide groups is 2. The maximum Gasteiger partial charge on any atom is 0.265 e. The molecule has 0 radical (unpaired) electrons. The van der Waals surface area contributed by atoms with Crippen LogP contribution in [0.3, 0.4) is 0 Å². The van der Waals surface area contributed by atoms with Gasteiger partial charge in [0.25, 0.3) is 17.7 Å². The second-order valence-electron chi connectivity index (χ2n) is 14.1. The molecule has 5 heterocycles. The van der Waals surface area contributed by atoms with E-state index in [1.807, 2.05) is 35.8 Å². The molecule has 288 valence electrons. The van der Waals surface area contributed by atoms with Crippen LogP contribution in [-0.2, 0) is 19.2 Å². The molecule has 1 fully saturated rings. The Morgan fingerprint density at radius 1 is 0.982 bits per heavy atom. The summed E-state index contributed by atoms with van der Waals surface area (Å²) in [4.78, 5) is 84.2. The standard InChI is InChI=1S/C38H38BClN8O7S/c1-19-20(2)56-36-30(19)32(22-9-11-23(40)12-10-22)43-25(33-46-45-21(3)47(33)36)17-28(50)41-15-4-5-16-42-29(51)18-55-26-8-6-7-24-31(26)35(53)48(34(24)52)38(39)14-13-27(49)44-37(38)54/h6-12,25H,4-5,13-18,39H2,1-3H3,(H,41,50)(H,42,51)(H,44,49,54)/t25-,38?/m0/s1. The zero-order valence-corrected chi connectivity index (χ0v) is 32.7. The number of halogens is 1. The number of fused-ring (bicyclic) bond motifs is 4. The molecule has 2 atom stereocenters. The fraction of sp³-hybridized carbons (Fsp3) is 0.342. The van der Waals surface area contributed by atoms with E-state index < -0.39 is 47.6 Å². The molecule has 2 aromatic heterocycles. The van der Waals surface area contributed by atoms with Gasteiger partial charge in [0.15, 0.2) is 12.4 Å².